The van der Waals surface area contributed by atoms with Crippen molar-refractivity contribution in [1.82, 2.24) is 40.9 Å². The molecule has 0 saturated carbocycles. The summed E-state index contributed by atoms with van der Waals surface area (Å²) in [6.45, 7) is 12.4. The summed E-state index contributed by atoms with van der Waals surface area (Å²) in [7, 11) is 10.3. The van der Waals surface area contributed by atoms with Gasteiger partial charge in [-0.2, -0.15) is 0 Å². The number of methoxy groups -OCH3 is 8. The first-order valence-electron chi connectivity index (χ1n) is 43.1. The van der Waals surface area contributed by atoms with Gasteiger partial charge in [0.1, 0.15) is 29.9 Å². The number of aliphatic imine (C=N–C) groups is 3. The summed E-state index contributed by atoms with van der Waals surface area (Å²) in [5.74, 6) is -2.99. The van der Waals surface area contributed by atoms with Gasteiger partial charge in [-0.3, -0.25) is 55.4 Å². The summed E-state index contributed by atoms with van der Waals surface area (Å²) in [5.41, 5.74) is 10.7. The predicted molar refractivity (Wildman–Crippen MR) is 542 cm³/mol. The van der Waals surface area contributed by atoms with Gasteiger partial charge in [-0.1, -0.05) is 128 Å². The minimum Gasteiger partial charge on any atom is -0.468 e. The molecular weight excluding hydrogens is 1900 g/mol. The lowest BCUT2D eigenvalue weighted by molar-refractivity contribution is -0.385. The van der Waals surface area contributed by atoms with E-state index in [9.17, 15) is 93.7 Å². The van der Waals surface area contributed by atoms with Crippen LogP contribution in [0.5, 0.6) is 5.75 Å². The minimum absolute atomic E-state index is 0. The van der Waals surface area contributed by atoms with Crippen LogP contribution >= 0.6 is 0 Å². The molecule has 0 bridgehead atoms. The number of urea groups is 3. The zero-order valence-corrected chi connectivity index (χ0v) is 79.0. The number of carbonyl (C=O) groups is 9. The number of benzene rings is 8. The van der Waals surface area contributed by atoms with Gasteiger partial charge in [-0.15, -0.1) is 0 Å². The Balaban J connectivity index is 0.000000396. The first-order valence-corrected chi connectivity index (χ1v) is 43.1. The van der Waals surface area contributed by atoms with E-state index in [1.165, 1.54) is 171 Å². The third-order valence-electron chi connectivity index (χ3n) is 22.7. The molecular formula is C101H123N17O28. The summed E-state index contributed by atoms with van der Waals surface area (Å²) in [5, 5.41) is 65.9. The molecule has 6 unspecified atom stereocenters. The van der Waals surface area contributed by atoms with Crippen LogP contribution in [-0.4, -0.2) is 199 Å². The lowest BCUT2D eigenvalue weighted by Crippen LogP contribution is -2.54. The molecule has 45 heteroatoms. The lowest BCUT2D eigenvalue weighted by Gasteiger charge is -2.40. The van der Waals surface area contributed by atoms with Crippen LogP contribution in [0.3, 0.4) is 0 Å². The van der Waals surface area contributed by atoms with Crippen LogP contribution in [-0.2, 0) is 67.3 Å². The monoisotopic (exact) mass is 2020 g/mol. The number of nitrogens with zero attached hydrogens (tertiary/aromatic N) is 12. The molecule has 5 aliphatic heterocycles. The fourth-order valence-electron chi connectivity index (χ4n) is 15.5. The SMILES string of the molecule is C.C.C.C.C.CC(N)c1ccccc1.COC(=O)C1=C(C)N=C(OC)N(C(=O)NC(C)c2ccccc2)C1c1ccc([N+](=O)[O-])cc1.COC(=O)C1=C(C)N=C(OC)N(C(=O)Oc2ccc([N+](=O)[O-])cc2)C1c1ccc([N+](=O)[O-])cc1.COC(=O)C1=C(C)NC(=O)N(C(=O)NCCCN2CCC(C(=O)OC)(c3ccccc3)CC2)C1c1ccc([N+](=O)[O-])cc1.COC(=O)C1=C(C)NC(OC)=NC1c1ccc([N+](=O)[O-])cc1. The van der Waals surface area contributed by atoms with Gasteiger partial charge in [-0.05, 0) is 180 Å². The molecule has 0 aliphatic carbocycles. The molecule has 6 N–H and O–H groups in total. The maximum Gasteiger partial charge on any atom is 0.424 e. The van der Waals surface area contributed by atoms with Gasteiger partial charge in [0.15, 0.2) is 0 Å². The second-order valence-electron chi connectivity index (χ2n) is 31.3. The number of imide groups is 1. The van der Waals surface area contributed by atoms with Crippen molar-refractivity contribution in [3.05, 3.63) is 347 Å². The first-order chi connectivity index (χ1) is 67.3. The number of nitrogens with one attached hydrogen (secondary N) is 4. The zero-order valence-electron chi connectivity index (χ0n) is 79.0. The van der Waals surface area contributed by atoms with Crippen LogP contribution in [0.4, 0.5) is 47.6 Å². The summed E-state index contributed by atoms with van der Waals surface area (Å²) < 4.78 is 45.7. The van der Waals surface area contributed by atoms with Crippen molar-refractivity contribution in [1.29, 1.82) is 0 Å². The number of rotatable bonds is 23. The molecule has 5 aliphatic rings. The van der Waals surface area contributed by atoms with E-state index in [2.05, 4.69) is 41.1 Å². The van der Waals surface area contributed by atoms with Gasteiger partial charge in [0.2, 0.25) is 0 Å². The normalized spacial score (nSPS) is 16.2. The second-order valence-corrected chi connectivity index (χ2v) is 31.3. The molecule has 45 nitrogen and oxygen atoms in total. The number of likely N-dealkylation sites (tertiary alicyclic amines) is 1. The molecule has 7 amide bonds. The highest BCUT2D eigenvalue weighted by Gasteiger charge is 2.48. The Labute approximate surface area is 843 Å². The summed E-state index contributed by atoms with van der Waals surface area (Å²) in [6.07, 6.45) is 0.747. The molecule has 13 rings (SSSR count). The van der Waals surface area contributed by atoms with Crippen molar-refractivity contribution in [2.75, 3.05) is 83.1 Å². The maximum atomic E-state index is 13.4. The molecule has 780 valence electrons. The zero-order chi connectivity index (χ0) is 103. The number of carbonyl (C=O) groups excluding carboxylic acids is 9. The third-order valence-corrected chi connectivity index (χ3v) is 22.7. The second kappa shape index (κ2) is 56.2. The van der Waals surface area contributed by atoms with Crippen molar-refractivity contribution in [3.63, 3.8) is 0 Å². The van der Waals surface area contributed by atoms with Crippen LogP contribution in [0.1, 0.15) is 173 Å². The van der Waals surface area contributed by atoms with E-state index in [0.717, 1.165) is 40.2 Å². The number of nitrogens with two attached hydrogens (primary N) is 1. The van der Waals surface area contributed by atoms with Crippen LogP contribution in [0.2, 0.25) is 0 Å². The summed E-state index contributed by atoms with van der Waals surface area (Å²) in [4.78, 5) is 186. The highest BCUT2D eigenvalue weighted by molar-refractivity contribution is 6.04. The van der Waals surface area contributed by atoms with E-state index in [0.29, 0.717) is 78.1 Å². The van der Waals surface area contributed by atoms with Crippen molar-refractivity contribution in [3.8, 4) is 5.75 Å². The van der Waals surface area contributed by atoms with E-state index in [1.54, 1.807) is 26.0 Å². The molecule has 8 aromatic carbocycles. The number of esters is 5. The number of allylic oxidation sites excluding steroid dienone is 4. The van der Waals surface area contributed by atoms with E-state index < -0.39 is 102 Å². The fraction of sp³-hybridized carbons (Fsp3) is 0.327. The van der Waals surface area contributed by atoms with E-state index in [-0.39, 0.29) is 142 Å². The number of piperidine rings is 1. The van der Waals surface area contributed by atoms with Crippen LogP contribution in [0.15, 0.2) is 272 Å². The molecule has 146 heavy (non-hydrogen) atoms. The largest absolute Gasteiger partial charge is 0.468 e. The van der Waals surface area contributed by atoms with E-state index >= 15 is 0 Å². The number of amides is 7. The Morgan fingerprint density at radius 2 is 0.808 bits per heavy atom. The van der Waals surface area contributed by atoms with Crippen molar-refractivity contribution < 1.29 is 110 Å². The fourth-order valence-corrected chi connectivity index (χ4v) is 15.5. The lowest BCUT2D eigenvalue weighted by atomic mass is 9.72. The minimum atomic E-state index is -1.16. The highest BCUT2D eigenvalue weighted by atomic mass is 16.6. The number of non-ortho nitro benzene ring substituents is 5. The Morgan fingerprint density at radius 3 is 1.19 bits per heavy atom. The number of nitro groups is 5. The predicted octanol–water partition coefficient (Wildman–Crippen LogP) is 17.4. The topological polar surface area (TPSA) is 577 Å². The van der Waals surface area contributed by atoms with Gasteiger partial charge in [0, 0.05) is 84.6 Å². The van der Waals surface area contributed by atoms with Gasteiger partial charge < -0.3 is 74.5 Å². The smallest absolute Gasteiger partial charge is 0.424 e. The molecule has 0 radical (unpaired) electrons. The van der Waals surface area contributed by atoms with Crippen LogP contribution in [0, 0.1) is 50.6 Å². The molecule has 1 saturated heterocycles. The number of hydrogen-bond acceptors (Lipinski definition) is 34. The molecule has 5 heterocycles. The van der Waals surface area contributed by atoms with Crippen molar-refractivity contribution in [2.45, 2.75) is 140 Å². The molecule has 6 atom stereocenters. The molecule has 8 aromatic rings. The molecule has 0 spiro atoms. The van der Waals surface area contributed by atoms with Crippen molar-refractivity contribution in [2.24, 2.45) is 20.7 Å². The van der Waals surface area contributed by atoms with Crippen LogP contribution < -0.4 is 31.7 Å². The average Bonchev–Trinajstić information content (AvgIpc) is 0.768. The first kappa shape index (κ1) is 121. The van der Waals surface area contributed by atoms with Gasteiger partial charge in [-0.25, -0.2) is 68.0 Å². The Morgan fingerprint density at radius 1 is 0.445 bits per heavy atom. The Kier molecular flexibility index (Phi) is 46.5. The number of ether oxygens (including phenoxy) is 9. The van der Waals surface area contributed by atoms with Gasteiger partial charge in [0.05, 0.1) is 127 Å². The maximum absolute atomic E-state index is 13.4. The number of hydrogen-bond donors (Lipinski definition) is 5. The Hall–Kier alpha value is -17.5. The van der Waals surface area contributed by atoms with Crippen molar-refractivity contribution >= 4 is 101 Å². The summed E-state index contributed by atoms with van der Waals surface area (Å²) >= 11 is 0. The average molecular weight is 2020 g/mol. The number of amidine groups is 3. The van der Waals surface area contributed by atoms with E-state index in [1.807, 2.05) is 105 Å². The van der Waals surface area contributed by atoms with Gasteiger partial charge in [0.25, 0.3) is 34.5 Å². The number of nitro benzene ring substituents is 5. The highest BCUT2D eigenvalue weighted by Crippen LogP contribution is 2.43. The Bertz CT molecular complexity index is 6180. The van der Waals surface area contributed by atoms with Gasteiger partial charge >= 0.3 is 66.1 Å². The molecule has 0 aromatic heterocycles. The van der Waals surface area contributed by atoms with E-state index in [4.69, 9.17) is 48.4 Å². The quantitative estimate of drug-likeness (QED) is 0.0130. The van der Waals surface area contributed by atoms with Crippen LogP contribution in [0.25, 0.3) is 0 Å². The third kappa shape index (κ3) is 29.6. The standard InChI is InChI=1S/C30H35N5O8.C23H24N4O6.C21H18N4O9.C14H15N3O5.C8H11N.5CH4/c1-20-24(26(36)42-2)25(21-10-12-23(13-11-21)35(40)41)34(29(39)32-20)28(38)31-16-7-17-33-18-14-30(15-19-33,27(37)43-3)22-8-5-4-6-9-22;1-14(16-8-6-5-7-9-16)24-22(29)26-20(17-10-12-18(13-11-17)27(30)31)19(21(28)32-3)15(2)25-23(26)33-4;1-12-17(19(26)32-2)18(13-4-6-14(7-5-13)24(28)29)23(20(22-12)33-3)21(27)34-16-10-8-15(9-11-16)25(30)31;1-8-11(13(18)21-2)12(16-14(15-8)22-3)9-4-6-10(7-5-9)17(19)20;1-7(9)8-5-3-2-4-6-8;;;;;/h4-6,8-13,25H,7,14-19H2,1-3H3,(H,31,38)(H,32,39);5-14,20H,1-4H3,(H,24,29);4-11,18H,1-3H3;4-7,12H,1-3H3,(H,15,16);2-7H,9H2,1H3;5*1H4. The molecule has 1 fully saturated rings. The summed E-state index contributed by atoms with van der Waals surface area (Å²) in [6, 6.07) is 49.6.